The maximum absolute atomic E-state index is 13.6. The Kier molecular flexibility index (Phi) is 2.96. The van der Waals surface area contributed by atoms with E-state index < -0.39 is 11.6 Å². The van der Waals surface area contributed by atoms with Crippen LogP contribution in [0.1, 0.15) is 56.4 Å². The molecular weight excluding hydrogens is 290 g/mol. The van der Waals surface area contributed by atoms with Gasteiger partial charge >= 0.3 is 0 Å². The molecule has 4 aliphatic rings. The summed E-state index contributed by atoms with van der Waals surface area (Å²) in [4.78, 5) is 0. The average molecular weight is 311 g/mol. The van der Waals surface area contributed by atoms with Crippen molar-refractivity contribution >= 4 is 11.6 Å². The lowest BCUT2D eigenvalue weighted by Crippen LogP contribution is -2.52. The summed E-state index contributed by atoms with van der Waals surface area (Å²) in [5.74, 6) is -0.0141. The highest BCUT2D eigenvalue weighted by Gasteiger charge is 2.58. The quantitative estimate of drug-likeness (QED) is 0.601. The Morgan fingerprint density at radius 1 is 1.10 bits per heavy atom. The van der Waals surface area contributed by atoms with Gasteiger partial charge in [-0.25, -0.2) is 8.78 Å². The maximum atomic E-state index is 13.6. The lowest BCUT2D eigenvalue weighted by molar-refractivity contribution is -0.103. The molecule has 4 saturated carbocycles. The zero-order valence-electron chi connectivity index (χ0n) is 12.3. The van der Waals surface area contributed by atoms with Gasteiger partial charge in [-0.05, 0) is 78.9 Å². The van der Waals surface area contributed by atoms with Crippen molar-refractivity contribution in [1.82, 2.24) is 0 Å². The molecule has 4 aliphatic carbocycles. The number of alkyl halides is 1. The SMILES string of the molecule is CC12CC3CC(C1)CC(C(Cl)c1ccc(F)c(F)c1)(C3)C2. The Morgan fingerprint density at radius 2 is 1.76 bits per heavy atom. The fraction of sp³-hybridized carbons (Fsp3) is 0.667. The van der Waals surface area contributed by atoms with Crippen LogP contribution in [-0.4, -0.2) is 0 Å². The summed E-state index contributed by atoms with van der Waals surface area (Å²) in [7, 11) is 0. The van der Waals surface area contributed by atoms with Crippen LogP contribution in [0.15, 0.2) is 18.2 Å². The summed E-state index contributed by atoms with van der Waals surface area (Å²) in [5.41, 5.74) is 1.25. The molecular formula is C18H21ClF2. The normalized spacial score (nSPS) is 42.3. The molecule has 0 aromatic heterocycles. The summed E-state index contributed by atoms with van der Waals surface area (Å²) in [6, 6.07) is 4.17. The van der Waals surface area contributed by atoms with Crippen LogP contribution in [0, 0.1) is 34.3 Å². The fourth-order valence-corrected chi connectivity index (χ4v) is 6.51. The smallest absolute Gasteiger partial charge is 0.159 e. The summed E-state index contributed by atoms with van der Waals surface area (Å²) in [6.07, 6.45) is 7.46. The van der Waals surface area contributed by atoms with Crippen LogP contribution in [0.3, 0.4) is 0 Å². The van der Waals surface area contributed by atoms with Gasteiger partial charge in [0.15, 0.2) is 11.6 Å². The number of halogens is 3. The van der Waals surface area contributed by atoms with Gasteiger partial charge in [0.25, 0.3) is 0 Å². The minimum Gasteiger partial charge on any atom is -0.204 e. The van der Waals surface area contributed by atoms with Gasteiger partial charge in [0.05, 0.1) is 5.38 Å². The van der Waals surface area contributed by atoms with Gasteiger partial charge in [-0.15, -0.1) is 11.6 Å². The van der Waals surface area contributed by atoms with Crippen molar-refractivity contribution < 1.29 is 8.78 Å². The first-order valence-corrected chi connectivity index (χ1v) is 8.42. The summed E-state index contributed by atoms with van der Waals surface area (Å²) < 4.78 is 26.7. The lowest BCUT2D eigenvalue weighted by atomic mass is 9.43. The highest BCUT2D eigenvalue weighted by atomic mass is 35.5. The first kappa shape index (κ1) is 14.0. The third-order valence-corrected chi connectivity index (χ3v) is 6.89. The molecule has 1 aromatic rings. The lowest BCUT2D eigenvalue weighted by Gasteiger charge is -2.62. The van der Waals surface area contributed by atoms with Crippen molar-refractivity contribution in [1.29, 1.82) is 0 Å². The van der Waals surface area contributed by atoms with E-state index >= 15 is 0 Å². The third-order valence-electron chi connectivity index (χ3n) is 6.17. The van der Waals surface area contributed by atoms with Gasteiger partial charge in [0.2, 0.25) is 0 Å². The van der Waals surface area contributed by atoms with Gasteiger partial charge < -0.3 is 0 Å². The van der Waals surface area contributed by atoms with Gasteiger partial charge in [-0.2, -0.15) is 0 Å². The second-order valence-corrected chi connectivity index (χ2v) is 8.61. The number of benzene rings is 1. The monoisotopic (exact) mass is 310 g/mol. The van der Waals surface area contributed by atoms with Crippen molar-refractivity contribution in [2.75, 3.05) is 0 Å². The van der Waals surface area contributed by atoms with E-state index in [1.54, 1.807) is 6.07 Å². The Morgan fingerprint density at radius 3 is 2.33 bits per heavy atom. The number of rotatable bonds is 2. The van der Waals surface area contributed by atoms with Crippen molar-refractivity contribution in [2.45, 2.75) is 50.8 Å². The first-order valence-electron chi connectivity index (χ1n) is 7.98. The highest BCUT2D eigenvalue weighted by Crippen LogP contribution is 2.69. The van der Waals surface area contributed by atoms with E-state index in [9.17, 15) is 8.78 Å². The molecule has 0 radical (unpaired) electrons. The zero-order valence-corrected chi connectivity index (χ0v) is 13.1. The molecule has 4 fully saturated rings. The van der Waals surface area contributed by atoms with Crippen LogP contribution >= 0.6 is 11.6 Å². The summed E-state index contributed by atoms with van der Waals surface area (Å²) in [5, 5.41) is -0.196. The molecule has 0 heterocycles. The molecule has 0 nitrogen and oxygen atoms in total. The fourth-order valence-electron chi connectivity index (χ4n) is 6.12. The van der Waals surface area contributed by atoms with Crippen LogP contribution < -0.4 is 0 Å². The Balaban J connectivity index is 1.70. The standard InChI is InChI=1S/C18H21ClF2/c1-17-6-11-4-12(7-17)9-18(8-11,10-17)16(19)13-2-3-14(20)15(21)5-13/h2-3,5,11-12,16H,4,6-10H2,1H3. The van der Waals surface area contributed by atoms with Crippen LogP contribution in [0.5, 0.6) is 0 Å². The molecule has 0 amide bonds. The summed E-state index contributed by atoms with van der Waals surface area (Å²) >= 11 is 6.82. The van der Waals surface area contributed by atoms with Crippen LogP contribution in [0.4, 0.5) is 8.78 Å². The number of hydrogen-bond donors (Lipinski definition) is 0. The predicted molar refractivity (Wildman–Crippen MR) is 80.2 cm³/mol. The van der Waals surface area contributed by atoms with Crippen LogP contribution in [0.25, 0.3) is 0 Å². The van der Waals surface area contributed by atoms with E-state index in [0.717, 1.165) is 36.7 Å². The molecule has 4 bridgehead atoms. The van der Waals surface area contributed by atoms with Gasteiger partial charge in [-0.1, -0.05) is 13.0 Å². The summed E-state index contributed by atoms with van der Waals surface area (Å²) in [6.45, 7) is 2.40. The van der Waals surface area contributed by atoms with E-state index in [1.807, 2.05) is 0 Å². The molecule has 5 rings (SSSR count). The predicted octanol–water partition coefficient (Wildman–Crippen LogP) is 5.85. The van der Waals surface area contributed by atoms with Crippen LogP contribution in [-0.2, 0) is 0 Å². The topological polar surface area (TPSA) is 0 Å². The van der Waals surface area contributed by atoms with E-state index in [1.165, 1.54) is 31.4 Å². The molecule has 1 aromatic carbocycles. The van der Waals surface area contributed by atoms with Crippen molar-refractivity contribution in [3.63, 3.8) is 0 Å². The van der Waals surface area contributed by atoms with Gasteiger partial charge in [0.1, 0.15) is 0 Å². The Labute approximate surface area is 129 Å². The van der Waals surface area contributed by atoms with Crippen molar-refractivity contribution in [2.24, 2.45) is 22.7 Å². The average Bonchev–Trinajstić information content (AvgIpc) is 2.38. The second-order valence-electron chi connectivity index (χ2n) is 8.17. The van der Waals surface area contributed by atoms with Crippen molar-refractivity contribution in [3.05, 3.63) is 35.4 Å². The largest absolute Gasteiger partial charge is 0.204 e. The minimum atomic E-state index is -0.792. The molecule has 3 heteroatoms. The minimum absolute atomic E-state index is 0.0880. The van der Waals surface area contributed by atoms with Crippen LogP contribution in [0.2, 0.25) is 0 Å². The van der Waals surface area contributed by atoms with Gasteiger partial charge in [0, 0.05) is 0 Å². The van der Waals surface area contributed by atoms with Gasteiger partial charge in [-0.3, -0.25) is 0 Å². The van der Waals surface area contributed by atoms with E-state index in [2.05, 4.69) is 6.92 Å². The van der Waals surface area contributed by atoms with E-state index in [0.29, 0.717) is 5.41 Å². The maximum Gasteiger partial charge on any atom is 0.159 e. The Bertz CT molecular complexity index is 569. The molecule has 3 atom stereocenters. The highest BCUT2D eigenvalue weighted by molar-refractivity contribution is 6.21. The third kappa shape index (κ3) is 2.13. The first-order chi connectivity index (χ1) is 9.89. The Hall–Kier alpha value is -0.630. The molecule has 0 N–H and O–H groups in total. The molecule has 0 spiro atoms. The molecule has 21 heavy (non-hydrogen) atoms. The molecule has 0 aliphatic heterocycles. The zero-order chi connectivity index (χ0) is 14.8. The van der Waals surface area contributed by atoms with E-state index in [4.69, 9.17) is 11.6 Å². The number of hydrogen-bond acceptors (Lipinski definition) is 0. The second kappa shape index (κ2) is 4.44. The van der Waals surface area contributed by atoms with E-state index in [-0.39, 0.29) is 10.8 Å². The molecule has 3 unspecified atom stereocenters. The molecule has 0 saturated heterocycles. The molecule has 114 valence electrons. The van der Waals surface area contributed by atoms with Crippen molar-refractivity contribution in [3.8, 4) is 0 Å².